The van der Waals surface area contributed by atoms with Crippen molar-refractivity contribution in [1.82, 2.24) is 14.7 Å². The number of para-hydroxylation sites is 1. The minimum Gasteiger partial charge on any atom is -0.448 e. The molecular weight excluding hydrogens is 312 g/mol. The summed E-state index contributed by atoms with van der Waals surface area (Å²) >= 11 is 0. The van der Waals surface area contributed by atoms with Crippen LogP contribution in [0.2, 0.25) is 0 Å². The van der Waals surface area contributed by atoms with E-state index in [4.69, 9.17) is 8.94 Å². The Bertz CT molecular complexity index is 1120. The van der Waals surface area contributed by atoms with Crippen LogP contribution < -0.4 is 10.9 Å². The third-order valence-electron chi connectivity index (χ3n) is 3.56. The van der Waals surface area contributed by atoms with Gasteiger partial charge in [0, 0.05) is 11.5 Å². The molecular formula is C16H12N4O4. The van der Waals surface area contributed by atoms with Crippen molar-refractivity contribution in [1.29, 1.82) is 0 Å². The van der Waals surface area contributed by atoms with Crippen LogP contribution in [0.15, 0.2) is 50.4 Å². The lowest BCUT2D eigenvalue weighted by atomic mass is 10.2. The Hall–Kier alpha value is -3.42. The second kappa shape index (κ2) is 5.34. The first-order valence-corrected chi connectivity index (χ1v) is 7.21. The molecule has 0 aliphatic carbocycles. The third kappa shape index (κ3) is 2.34. The average molecular weight is 324 g/mol. The molecule has 0 atom stereocenters. The molecule has 24 heavy (non-hydrogen) atoms. The summed E-state index contributed by atoms with van der Waals surface area (Å²) in [7, 11) is 0. The van der Waals surface area contributed by atoms with E-state index in [1.54, 1.807) is 19.1 Å². The highest BCUT2D eigenvalue weighted by Crippen LogP contribution is 2.23. The number of fused-ring (bicyclic) bond motifs is 3. The van der Waals surface area contributed by atoms with Gasteiger partial charge in [-0.3, -0.25) is 14.2 Å². The fraction of sp³-hybridized carbons (Fsp3) is 0.125. The van der Waals surface area contributed by atoms with E-state index < -0.39 is 11.5 Å². The van der Waals surface area contributed by atoms with Crippen LogP contribution in [-0.2, 0) is 11.3 Å². The average Bonchev–Trinajstić information content (AvgIpc) is 3.14. The topological polar surface area (TPSA) is 103 Å². The number of furan rings is 1. The van der Waals surface area contributed by atoms with E-state index in [2.05, 4.69) is 15.5 Å². The highest BCUT2D eigenvalue weighted by atomic mass is 16.5. The van der Waals surface area contributed by atoms with Gasteiger partial charge < -0.3 is 14.3 Å². The summed E-state index contributed by atoms with van der Waals surface area (Å²) in [6.45, 7) is 1.51. The number of hydrogen-bond acceptors (Lipinski definition) is 6. The maximum atomic E-state index is 12.5. The summed E-state index contributed by atoms with van der Waals surface area (Å²) in [6, 6.07) is 8.84. The summed E-state index contributed by atoms with van der Waals surface area (Å²) in [4.78, 5) is 28.8. The number of anilines is 1. The van der Waals surface area contributed by atoms with Gasteiger partial charge in [-0.15, -0.1) is 0 Å². The van der Waals surface area contributed by atoms with Crippen molar-refractivity contribution >= 4 is 33.8 Å². The number of carbonyl (C=O) groups is 1. The van der Waals surface area contributed by atoms with E-state index in [1.807, 2.05) is 18.2 Å². The molecule has 0 aliphatic rings. The molecule has 1 N–H and O–H groups in total. The second-order valence-electron chi connectivity index (χ2n) is 5.32. The molecule has 8 nitrogen and oxygen atoms in total. The Kier molecular flexibility index (Phi) is 3.16. The zero-order valence-electron chi connectivity index (χ0n) is 12.6. The number of rotatable bonds is 3. The smallest absolute Gasteiger partial charge is 0.297 e. The van der Waals surface area contributed by atoms with Crippen LogP contribution in [0.3, 0.4) is 0 Å². The molecule has 3 heterocycles. The highest BCUT2D eigenvalue weighted by molar-refractivity contribution is 6.01. The Morgan fingerprint density at radius 2 is 2.17 bits per heavy atom. The number of nitrogens with zero attached hydrogens (tertiary/aromatic N) is 3. The molecule has 8 heteroatoms. The van der Waals surface area contributed by atoms with Gasteiger partial charge in [0.25, 0.3) is 5.56 Å². The van der Waals surface area contributed by atoms with Crippen LogP contribution in [0.5, 0.6) is 0 Å². The molecule has 120 valence electrons. The number of amides is 1. The number of aromatic nitrogens is 3. The molecule has 1 amide bonds. The summed E-state index contributed by atoms with van der Waals surface area (Å²) in [6.07, 6.45) is 1.33. The van der Waals surface area contributed by atoms with E-state index >= 15 is 0 Å². The number of benzene rings is 1. The normalized spacial score (nSPS) is 11.2. The highest BCUT2D eigenvalue weighted by Gasteiger charge is 2.15. The number of carbonyl (C=O) groups excluding carboxylic acids is 1. The van der Waals surface area contributed by atoms with Gasteiger partial charge in [-0.2, -0.15) is 0 Å². The van der Waals surface area contributed by atoms with Gasteiger partial charge in [-0.1, -0.05) is 17.3 Å². The lowest BCUT2D eigenvalue weighted by Crippen LogP contribution is -2.27. The summed E-state index contributed by atoms with van der Waals surface area (Å²) < 4.78 is 11.6. The van der Waals surface area contributed by atoms with E-state index in [1.165, 1.54) is 10.9 Å². The lowest BCUT2D eigenvalue weighted by molar-refractivity contribution is -0.116. The zero-order valence-corrected chi connectivity index (χ0v) is 12.6. The van der Waals surface area contributed by atoms with Crippen molar-refractivity contribution in [3.8, 4) is 0 Å². The Morgan fingerprint density at radius 1 is 1.33 bits per heavy atom. The van der Waals surface area contributed by atoms with Gasteiger partial charge in [-0.25, -0.2) is 4.98 Å². The van der Waals surface area contributed by atoms with Gasteiger partial charge in [0.1, 0.15) is 23.4 Å². The van der Waals surface area contributed by atoms with Gasteiger partial charge >= 0.3 is 0 Å². The molecule has 4 rings (SSSR count). The summed E-state index contributed by atoms with van der Waals surface area (Å²) in [5.41, 5.74) is 0.781. The Labute approximate surface area is 134 Å². The van der Waals surface area contributed by atoms with Crippen molar-refractivity contribution in [3.05, 3.63) is 52.8 Å². The quantitative estimate of drug-likeness (QED) is 0.619. The fourth-order valence-corrected chi connectivity index (χ4v) is 2.49. The summed E-state index contributed by atoms with van der Waals surface area (Å²) in [5, 5.41) is 6.98. The first-order chi connectivity index (χ1) is 11.6. The van der Waals surface area contributed by atoms with Crippen LogP contribution in [0, 0.1) is 6.92 Å². The predicted molar refractivity (Wildman–Crippen MR) is 85.6 cm³/mol. The van der Waals surface area contributed by atoms with Crippen LogP contribution >= 0.6 is 0 Å². The number of aryl methyl sites for hydroxylation is 1. The van der Waals surface area contributed by atoms with Crippen LogP contribution in [0.1, 0.15) is 5.76 Å². The largest absolute Gasteiger partial charge is 0.448 e. The van der Waals surface area contributed by atoms with Gasteiger partial charge in [-0.05, 0) is 19.1 Å². The van der Waals surface area contributed by atoms with Crippen molar-refractivity contribution in [2.45, 2.75) is 13.5 Å². The predicted octanol–water partition coefficient (Wildman–Crippen LogP) is 2.08. The molecule has 0 fully saturated rings. The maximum absolute atomic E-state index is 12.5. The molecule has 0 unspecified atom stereocenters. The maximum Gasteiger partial charge on any atom is 0.297 e. The fourth-order valence-electron chi connectivity index (χ4n) is 2.49. The van der Waals surface area contributed by atoms with Crippen molar-refractivity contribution in [2.24, 2.45) is 0 Å². The molecule has 0 radical (unpaired) electrons. The third-order valence-corrected chi connectivity index (χ3v) is 3.56. The molecule has 0 aliphatic heterocycles. The molecule has 0 saturated heterocycles. The molecule has 1 aromatic carbocycles. The van der Waals surface area contributed by atoms with Gasteiger partial charge in [0.2, 0.25) is 11.5 Å². The molecule has 0 spiro atoms. The lowest BCUT2D eigenvalue weighted by Gasteiger charge is -2.04. The Morgan fingerprint density at radius 3 is 2.96 bits per heavy atom. The standard InChI is InChI=1S/C16H12N4O4/c1-9-6-12(19-24-9)18-13(21)7-20-8-17-14-10-4-2-3-5-11(10)23-15(14)16(20)22/h2-6,8H,7H2,1H3,(H,18,19,21). The van der Waals surface area contributed by atoms with E-state index in [0.717, 1.165) is 5.39 Å². The van der Waals surface area contributed by atoms with Crippen LogP contribution in [0.25, 0.3) is 22.1 Å². The van der Waals surface area contributed by atoms with Crippen molar-refractivity contribution < 1.29 is 13.7 Å². The molecule has 4 aromatic rings. The first-order valence-electron chi connectivity index (χ1n) is 7.21. The van der Waals surface area contributed by atoms with Crippen molar-refractivity contribution in [2.75, 3.05) is 5.32 Å². The van der Waals surface area contributed by atoms with Crippen LogP contribution in [-0.4, -0.2) is 20.6 Å². The number of nitrogens with one attached hydrogen (secondary N) is 1. The Balaban J connectivity index is 1.67. The van der Waals surface area contributed by atoms with E-state index in [9.17, 15) is 9.59 Å². The van der Waals surface area contributed by atoms with Crippen LogP contribution in [0.4, 0.5) is 5.82 Å². The minimum absolute atomic E-state index is 0.129. The molecule has 0 bridgehead atoms. The van der Waals surface area contributed by atoms with Gasteiger partial charge in [0.15, 0.2) is 5.82 Å². The summed E-state index contributed by atoms with van der Waals surface area (Å²) in [5.74, 6) is 0.457. The van der Waals surface area contributed by atoms with E-state index in [0.29, 0.717) is 22.7 Å². The monoisotopic (exact) mass is 324 g/mol. The number of hydrogen-bond donors (Lipinski definition) is 1. The molecule has 3 aromatic heterocycles. The zero-order chi connectivity index (χ0) is 16.7. The van der Waals surface area contributed by atoms with Crippen molar-refractivity contribution in [3.63, 3.8) is 0 Å². The first kappa shape index (κ1) is 14.2. The van der Waals surface area contributed by atoms with E-state index in [-0.39, 0.29) is 12.1 Å². The van der Waals surface area contributed by atoms with Gasteiger partial charge in [0.05, 0.1) is 6.33 Å². The minimum atomic E-state index is -0.414. The SMILES string of the molecule is Cc1cc(NC(=O)Cn2cnc3c(oc4ccccc43)c2=O)no1. The second-order valence-corrected chi connectivity index (χ2v) is 5.32. The molecule has 0 saturated carbocycles.